The van der Waals surface area contributed by atoms with E-state index in [1.807, 2.05) is 25.1 Å². The fraction of sp³-hybridized carbons (Fsp3) is 0.400. The Morgan fingerprint density at radius 3 is 2.40 bits per heavy atom. The SMILES string of the molecule is CCNc1cc(-c2ccncc2)nc(NC(C)(C)C)n1. The monoisotopic (exact) mass is 271 g/mol. The van der Waals surface area contributed by atoms with E-state index in [-0.39, 0.29) is 5.54 Å². The van der Waals surface area contributed by atoms with Gasteiger partial charge in [0.15, 0.2) is 0 Å². The number of anilines is 2. The van der Waals surface area contributed by atoms with Crippen LogP contribution >= 0.6 is 0 Å². The van der Waals surface area contributed by atoms with Crippen molar-refractivity contribution < 1.29 is 0 Å². The third kappa shape index (κ3) is 3.91. The maximum atomic E-state index is 4.58. The second-order valence-electron chi connectivity index (χ2n) is 5.60. The molecule has 5 nitrogen and oxygen atoms in total. The van der Waals surface area contributed by atoms with Crippen molar-refractivity contribution in [3.8, 4) is 11.3 Å². The number of nitrogens with zero attached hydrogens (tertiary/aromatic N) is 3. The maximum Gasteiger partial charge on any atom is 0.225 e. The summed E-state index contributed by atoms with van der Waals surface area (Å²) in [5.41, 5.74) is 1.82. The molecule has 0 fully saturated rings. The van der Waals surface area contributed by atoms with Crippen LogP contribution in [0.4, 0.5) is 11.8 Å². The van der Waals surface area contributed by atoms with Gasteiger partial charge in [0, 0.05) is 36.1 Å². The summed E-state index contributed by atoms with van der Waals surface area (Å²) in [6.45, 7) is 9.13. The van der Waals surface area contributed by atoms with Gasteiger partial charge in [-0.05, 0) is 39.8 Å². The maximum absolute atomic E-state index is 4.58. The molecule has 2 aromatic heterocycles. The Bertz CT molecular complexity index is 560. The van der Waals surface area contributed by atoms with Crippen LogP contribution in [0.1, 0.15) is 27.7 Å². The average Bonchev–Trinajstić information content (AvgIpc) is 2.38. The Labute approximate surface area is 119 Å². The Morgan fingerprint density at radius 1 is 1.10 bits per heavy atom. The van der Waals surface area contributed by atoms with Crippen LogP contribution in [-0.4, -0.2) is 27.0 Å². The predicted octanol–water partition coefficient (Wildman–Crippen LogP) is 3.18. The van der Waals surface area contributed by atoms with Crippen LogP contribution < -0.4 is 10.6 Å². The molecule has 0 atom stereocenters. The summed E-state index contributed by atoms with van der Waals surface area (Å²) < 4.78 is 0. The van der Waals surface area contributed by atoms with Crippen molar-refractivity contribution in [3.05, 3.63) is 30.6 Å². The highest BCUT2D eigenvalue weighted by Gasteiger charge is 2.13. The van der Waals surface area contributed by atoms with Crippen LogP contribution in [0.25, 0.3) is 11.3 Å². The molecule has 0 saturated carbocycles. The third-order valence-electron chi connectivity index (χ3n) is 2.55. The number of hydrogen-bond donors (Lipinski definition) is 2. The summed E-state index contributed by atoms with van der Waals surface area (Å²) in [5, 5.41) is 6.55. The zero-order chi connectivity index (χ0) is 14.6. The molecule has 5 heteroatoms. The van der Waals surface area contributed by atoms with Gasteiger partial charge in [-0.2, -0.15) is 4.98 Å². The van der Waals surface area contributed by atoms with Gasteiger partial charge in [0.05, 0.1) is 5.69 Å². The summed E-state index contributed by atoms with van der Waals surface area (Å²) in [6, 6.07) is 5.84. The summed E-state index contributed by atoms with van der Waals surface area (Å²) in [4.78, 5) is 13.1. The zero-order valence-electron chi connectivity index (χ0n) is 12.4. The van der Waals surface area contributed by atoms with Crippen LogP contribution in [0.2, 0.25) is 0 Å². The molecule has 0 radical (unpaired) electrons. The Balaban J connectivity index is 2.41. The van der Waals surface area contributed by atoms with Crippen molar-refractivity contribution in [1.82, 2.24) is 15.0 Å². The second-order valence-corrected chi connectivity index (χ2v) is 5.60. The first-order chi connectivity index (χ1) is 9.48. The number of rotatable bonds is 4. The van der Waals surface area contributed by atoms with Crippen LogP contribution in [-0.2, 0) is 0 Å². The number of hydrogen-bond acceptors (Lipinski definition) is 5. The molecule has 106 valence electrons. The van der Waals surface area contributed by atoms with Crippen LogP contribution in [0.5, 0.6) is 0 Å². The van der Waals surface area contributed by atoms with E-state index in [2.05, 4.69) is 46.4 Å². The van der Waals surface area contributed by atoms with Gasteiger partial charge in [-0.3, -0.25) is 4.98 Å². The van der Waals surface area contributed by atoms with Crippen molar-refractivity contribution >= 4 is 11.8 Å². The van der Waals surface area contributed by atoms with Crippen LogP contribution in [0.3, 0.4) is 0 Å². The normalized spacial score (nSPS) is 11.2. The molecule has 0 aliphatic heterocycles. The van der Waals surface area contributed by atoms with Gasteiger partial charge in [-0.1, -0.05) is 0 Å². The van der Waals surface area contributed by atoms with E-state index >= 15 is 0 Å². The molecule has 2 aromatic rings. The number of nitrogens with one attached hydrogen (secondary N) is 2. The van der Waals surface area contributed by atoms with Crippen molar-refractivity contribution in [1.29, 1.82) is 0 Å². The largest absolute Gasteiger partial charge is 0.370 e. The lowest BCUT2D eigenvalue weighted by atomic mass is 10.1. The topological polar surface area (TPSA) is 62.7 Å². The first kappa shape index (κ1) is 14.2. The van der Waals surface area contributed by atoms with Gasteiger partial charge in [0.25, 0.3) is 0 Å². The standard InChI is InChI=1S/C15H21N5/c1-5-17-13-10-12(11-6-8-16-9-7-11)18-14(19-13)20-15(2,3)4/h6-10H,5H2,1-4H3,(H2,17,18,19,20). The summed E-state index contributed by atoms with van der Waals surface area (Å²) in [6.07, 6.45) is 3.53. The number of pyridine rings is 1. The number of aromatic nitrogens is 3. The Morgan fingerprint density at radius 2 is 1.80 bits per heavy atom. The van der Waals surface area contributed by atoms with Crippen molar-refractivity contribution in [2.24, 2.45) is 0 Å². The lowest BCUT2D eigenvalue weighted by Gasteiger charge is -2.21. The molecule has 0 unspecified atom stereocenters. The van der Waals surface area contributed by atoms with Gasteiger partial charge in [0.1, 0.15) is 5.82 Å². The van der Waals surface area contributed by atoms with E-state index in [0.29, 0.717) is 5.95 Å². The first-order valence-corrected chi connectivity index (χ1v) is 6.79. The highest BCUT2D eigenvalue weighted by atomic mass is 15.2. The fourth-order valence-corrected chi connectivity index (χ4v) is 1.78. The molecule has 2 rings (SSSR count). The minimum atomic E-state index is -0.0830. The lowest BCUT2D eigenvalue weighted by molar-refractivity contribution is 0.626. The Kier molecular flexibility index (Phi) is 4.17. The van der Waals surface area contributed by atoms with Gasteiger partial charge >= 0.3 is 0 Å². The summed E-state index contributed by atoms with van der Waals surface area (Å²) in [5.74, 6) is 1.45. The Hall–Kier alpha value is -2.17. The fourth-order valence-electron chi connectivity index (χ4n) is 1.78. The van der Waals surface area contributed by atoms with E-state index in [9.17, 15) is 0 Å². The minimum absolute atomic E-state index is 0.0830. The van der Waals surface area contributed by atoms with Crippen LogP contribution in [0.15, 0.2) is 30.6 Å². The zero-order valence-corrected chi connectivity index (χ0v) is 12.4. The molecule has 0 saturated heterocycles. The molecule has 2 N–H and O–H groups in total. The van der Waals surface area contributed by atoms with E-state index in [4.69, 9.17) is 0 Å². The molecule has 2 heterocycles. The smallest absolute Gasteiger partial charge is 0.225 e. The highest BCUT2D eigenvalue weighted by molar-refractivity contribution is 5.64. The van der Waals surface area contributed by atoms with Crippen LogP contribution in [0, 0.1) is 0 Å². The summed E-state index contributed by atoms with van der Waals surface area (Å²) in [7, 11) is 0. The molecule has 20 heavy (non-hydrogen) atoms. The molecule has 0 aliphatic carbocycles. The van der Waals surface area contributed by atoms with Crippen molar-refractivity contribution in [3.63, 3.8) is 0 Å². The van der Waals surface area contributed by atoms with E-state index in [0.717, 1.165) is 23.6 Å². The average molecular weight is 271 g/mol. The third-order valence-corrected chi connectivity index (χ3v) is 2.55. The second kappa shape index (κ2) is 5.86. The summed E-state index contributed by atoms with van der Waals surface area (Å²) >= 11 is 0. The molecule has 0 bridgehead atoms. The molecule has 0 aliphatic rings. The van der Waals surface area contributed by atoms with Crippen molar-refractivity contribution in [2.45, 2.75) is 33.2 Å². The molecule has 0 spiro atoms. The first-order valence-electron chi connectivity index (χ1n) is 6.79. The van der Waals surface area contributed by atoms with Gasteiger partial charge in [0.2, 0.25) is 5.95 Å². The van der Waals surface area contributed by atoms with Gasteiger partial charge in [-0.25, -0.2) is 4.98 Å². The minimum Gasteiger partial charge on any atom is -0.370 e. The molecule has 0 amide bonds. The predicted molar refractivity (Wildman–Crippen MR) is 82.8 cm³/mol. The molecule has 0 aromatic carbocycles. The van der Waals surface area contributed by atoms with Gasteiger partial charge in [-0.15, -0.1) is 0 Å². The lowest BCUT2D eigenvalue weighted by Crippen LogP contribution is -2.27. The molecular formula is C15H21N5. The van der Waals surface area contributed by atoms with Crippen molar-refractivity contribution in [2.75, 3.05) is 17.2 Å². The quantitative estimate of drug-likeness (QED) is 0.894. The van der Waals surface area contributed by atoms with Gasteiger partial charge < -0.3 is 10.6 Å². The molecular weight excluding hydrogens is 250 g/mol. The van der Waals surface area contributed by atoms with E-state index in [1.165, 1.54) is 0 Å². The van der Waals surface area contributed by atoms with E-state index in [1.54, 1.807) is 12.4 Å². The van der Waals surface area contributed by atoms with E-state index < -0.39 is 0 Å². The highest BCUT2D eigenvalue weighted by Crippen LogP contribution is 2.22.